The Balaban J connectivity index is 1.48. The average molecular weight is 278 g/mol. The molecule has 2 heterocycles. The van der Waals surface area contributed by atoms with Crippen molar-refractivity contribution in [3.05, 3.63) is 22.4 Å². The standard InChI is InChI=1S/C16H26N2S/c1-18-11-14(9-16-6-3-7-19-16)8-15(12-18)17-10-13-4-2-5-13/h3,6-7,13-15,17H,2,4-5,8-12H2,1H3. The van der Waals surface area contributed by atoms with E-state index < -0.39 is 0 Å². The number of likely N-dealkylation sites (tertiary alicyclic amines) is 1. The lowest BCUT2D eigenvalue weighted by molar-refractivity contribution is 0.160. The van der Waals surface area contributed by atoms with E-state index in [2.05, 4.69) is 34.8 Å². The Bertz CT molecular complexity index is 372. The van der Waals surface area contributed by atoms with Gasteiger partial charge in [0.05, 0.1) is 0 Å². The van der Waals surface area contributed by atoms with Crippen LogP contribution >= 0.6 is 11.3 Å². The maximum atomic E-state index is 3.83. The van der Waals surface area contributed by atoms with E-state index in [0.29, 0.717) is 6.04 Å². The van der Waals surface area contributed by atoms with Crippen molar-refractivity contribution in [3.63, 3.8) is 0 Å². The van der Waals surface area contributed by atoms with Gasteiger partial charge in [-0.1, -0.05) is 12.5 Å². The predicted octanol–water partition coefficient (Wildman–Crippen LogP) is 3.00. The Morgan fingerprint density at radius 2 is 2.21 bits per heavy atom. The van der Waals surface area contributed by atoms with Gasteiger partial charge in [-0.25, -0.2) is 0 Å². The van der Waals surface area contributed by atoms with Crippen LogP contribution in [0.2, 0.25) is 0 Å². The van der Waals surface area contributed by atoms with Crippen molar-refractivity contribution in [2.24, 2.45) is 11.8 Å². The number of nitrogens with zero attached hydrogens (tertiary/aromatic N) is 1. The highest BCUT2D eigenvalue weighted by molar-refractivity contribution is 7.09. The van der Waals surface area contributed by atoms with Gasteiger partial charge in [-0.3, -0.25) is 0 Å². The summed E-state index contributed by atoms with van der Waals surface area (Å²) in [6, 6.07) is 5.18. The molecule has 2 aliphatic rings. The largest absolute Gasteiger partial charge is 0.312 e. The summed E-state index contributed by atoms with van der Waals surface area (Å²) in [7, 11) is 2.28. The number of likely N-dealkylation sites (N-methyl/N-ethyl adjacent to an activating group) is 1. The minimum atomic E-state index is 0.712. The molecule has 19 heavy (non-hydrogen) atoms. The fourth-order valence-corrected chi connectivity index (χ4v) is 4.30. The van der Waals surface area contributed by atoms with Crippen LogP contribution in [0.25, 0.3) is 0 Å². The van der Waals surface area contributed by atoms with Gasteiger partial charge in [-0.05, 0) is 62.6 Å². The molecule has 106 valence electrons. The van der Waals surface area contributed by atoms with Crippen molar-refractivity contribution in [1.29, 1.82) is 0 Å². The van der Waals surface area contributed by atoms with E-state index in [-0.39, 0.29) is 0 Å². The molecule has 1 aliphatic heterocycles. The molecule has 0 amide bonds. The molecule has 0 radical (unpaired) electrons. The molecule has 3 rings (SSSR count). The average Bonchev–Trinajstić information content (AvgIpc) is 2.79. The molecule has 1 saturated carbocycles. The molecule has 0 aromatic carbocycles. The van der Waals surface area contributed by atoms with Crippen LogP contribution in [0.3, 0.4) is 0 Å². The second-order valence-corrected chi connectivity index (χ2v) is 7.54. The Morgan fingerprint density at radius 3 is 2.89 bits per heavy atom. The molecule has 1 aromatic heterocycles. The zero-order chi connectivity index (χ0) is 13.1. The van der Waals surface area contributed by atoms with Gasteiger partial charge in [-0.2, -0.15) is 0 Å². The van der Waals surface area contributed by atoms with Crippen molar-refractivity contribution in [2.45, 2.75) is 38.1 Å². The quantitative estimate of drug-likeness (QED) is 0.891. The van der Waals surface area contributed by atoms with Crippen molar-refractivity contribution in [3.8, 4) is 0 Å². The molecule has 2 unspecified atom stereocenters. The van der Waals surface area contributed by atoms with E-state index in [9.17, 15) is 0 Å². The molecule has 2 fully saturated rings. The van der Waals surface area contributed by atoms with Gasteiger partial charge in [0.2, 0.25) is 0 Å². The summed E-state index contributed by atoms with van der Waals surface area (Å²) in [5.74, 6) is 1.80. The first-order valence-electron chi connectivity index (χ1n) is 7.74. The van der Waals surface area contributed by atoms with E-state index in [1.165, 1.54) is 51.7 Å². The molecular formula is C16H26N2S. The molecule has 1 aliphatic carbocycles. The molecule has 3 heteroatoms. The Hall–Kier alpha value is -0.380. The summed E-state index contributed by atoms with van der Waals surface area (Å²) in [6.45, 7) is 3.75. The maximum absolute atomic E-state index is 3.83. The third-order valence-corrected chi connectivity index (χ3v) is 5.61. The fraction of sp³-hybridized carbons (Fsp3) is 0.750. The summed E-state index contributed by atoms with van der Waals surface area (Å²) in [6.07, 6.45) is 6.98. The number of piperidine rings is 1. The third-order valence-electron chi connectivity index (χ3n) is 4.71. The van der Waals surface area contributed by atoms with Gasteiger partial charge in [0.25, 0.3) is 0 Å². The first-order chi connectivity index (χ1) is 9.29. The van der Waals surface area contributed by atoms with Crippen LogP contribution in [0.5, 0.6) is 0 Å². The van der Waals surface area contributed by atoms with E-state index in [4.69, 9.17) is 0 Å². The molecule has 0 bridgehead atoms. The summed E-state index contributed by atoms with van der Waals surface area (Å²) in [5.41, 5.74) is 0. The van der Waals surface area contributed by atoms with E-state index in [0.717, 1.165) is 11.8 Å². The van der Waals surface area contributed by atoms with Gasteiger partial charge in [-0.15, -0.1) is 11.3 Å². The van der Waals surface area contributed by atoms with Crippen LogP contribution in [0.15, 0.2) is 17.5 Å². The summed E-state index contributed by atoms with van der Waals surface area (Å²) < 4.78 is 0. The van der Waals surface area contributed by atoms with Crippen LogP contribution in [0, 0.1) is 11.8 Å². The van der Waals surface area contributed by atoms with Crippen LogP contribution < -0.4 is 5.32 Å². The summed E-state index contributed by atoms with van der Waals surface area (Å²) in [4.78, 5) is 4.07. The number of thiophene rings is 1. The molecule has 1 N–H and O–H groups in total. The van der Waals surface area contributed by atoms with Crippen molar-refractivity contribution in [2.75, 3.05) is 26.7 Å². The molecule has 0 spiro atoms. The highest BCUT2D eigenvalue weighted by atomic mass is 32.1. The summed E-state index contributed by atoms with van der Waals surface area (Å²) in [5, 5.41) is 6.03. The fourth-order valence-electron chi connectivity index (χ4n) is 3.48. The van der Waals surface area contributed by atoms with Gasteiger partial charge in [0.1, 0.15) is 0 Å². The number of hydrogen-bond donors (Lipinski definition) is 1. The smallest absolute Gasteiger partial charge is 0.0198 e. The molecular weight excluding hydrogens is 252 g/mol. The second kappa shape index (κ2) is 6.38. The van der Waals surface area contributed by atoms with E-state index in [1.54, 1.807) is 4.88 Å². The topological polar surface area (TPSA) is 15.3 Å². The SMILES string of the molecule is CN1CC(Cc2cccs2)CC(NCC2CCC2)C1. The lowest BCUT2D eigenvalue weighted by atomic mass is 9.84. The lowest BCUT2D eigenvalue weighted by Crippen LogP contribution is -2.49. The molecule has 2 atom stereocenters. The predicted molar refractivity (Wildman–Crippen MR) is 82.8 cm³/mol. The lowest BCUT2D eigenvalue weighted by Gasteiger charge is -2.37. The van der Waals surface area contributed by atoms with Crippen LogP contribution in [-0.4, -0.2) is 37.6 Å². The highest BCUT2D eigenvalue weighted by Gasteiger charge is 2.26. The normalized spacial score (nSPS) is 29.3. The van der Waals surface area contributed by atoms with E-state index >= 15 is 0 Å². The van der Waals surface area contributed by atoms with Gasteiger partial charge >= 0.3 is 0 Å². The monoisotopic (exact) mass is 278 g/mol. The second-order valence-electron chi connectivity index (χ2n) is 6.51. The van der Waals surface area contributed by atoms with E-state index in [1.807, 2.05) is 11.3 Å². The van der Waals surface area contributed by atoms with Crippen LogP contribution in [0.4, 0.5) is 0 Å². The summed E-state index contributed by atoms with van der Waals surface area (Å²) >= 11 is 1.91. The van der Waals surface area contributed by atoms with Gasteiger partial charge < -0.3 is 10.2 Å². The zero-order valence-corrected chi connectivity index (χ0v) is 12.8. The third kappa shape index (κ3) is 3.80. The van der Waals surface area contributed by atoms with Crippen LogP contribution in [-0.2, 0) is 6.42 Å². The number of rotatable bonds is 5. The number of hydrogen-bond acceptors (Lipinski definition) is 3. The van der Waals surface area contributed by atoms with Crippen molar-refractivity contribution in [1.82, 2.24) is 10.2 Å². The molecule has 1 saturated heterocycles. The number of nitrogens with one attached hydrogen (secondary N) is 1. The highest BCUT2D eigenvalue weighted by Crippen LogP contribution is 2.27. The molecule has 2 nitrogen and oxygen atoms in total. The zero-order valence-electron chi connectivity index (χ0n) is 12.0. The minimum absolute atomic E-state index is 0.712. The Morgan fingerprint density at radius 1 is 1.32 bits per heavy atom. The minimum Gasteiger partial charge on any atom is -0.312 e. The van der Waals surface area contributed by atoms with Crippen molar-refractivity contribution < 1.29 is 0 Å². The van der Waals surface area contributed by atoms with Gasteiger partial charge in [0.15, 0.2) is 0 Å². The first-order valence-corrected chi connectivity index (χ1v) is 8.62. The van der Waals surface area contributed by atoms with Crippen molar-refractivity contribution >= 4 is 11.3 Å². The van der Waals surface area contributed by atoms with Crippen LogP contribution in [0.1, 0.15) is 30.6 Å². The first kappa shape index (κ1) is 13.6. The maximum Gasteiger partial charge on any atom is 0.0198 e. The van der Waals surface area contributed by atoms with Gasteiger partial charge in [0, 0.05) is 24.0 Å². The Labute approximate surface area is 121 Å². The Kier molecular flexibility index (Phi) is 4.57. The molecule has 1 aromatic rings.